The van der Waals surface area contributed by atoms with E-state index < -0.39 is 5.97 Å². The van der Waals surface area contributed by atoms with E-state index in [2.05, 4.69) is 15.3 Å². The summed E-state index contributed by atoms with van der Waals surface area (Å²) < 4.78 is 15.8. The molecule has 0 atom stereocenters. The minimum atomic E-state index is -0.568. The summed E-state index contributed by atoms with van der Waals surface area (Å²) in [5.74, 6) is 0.623. The van der Waals surface area contributed by atoms with Gasteiger partial charge in [0, 0.05) is 6.07 Å². The van der Waals surface area contributed by atoms with Crippen molar-refractivity contribution in [1.82, 2.24) is 9.97 Å². The summed E-state index contributed by atoms with van der Waals surface area (Å²) in [6, 6.07) is 7.11. The maximum Gasteiger partial charge on any atom is 0.360 e. The standard InChI is InChI=1S/C21H22ClN3O4/c1-6-29-21(26)19-20(24-15-8-12(3)11(2)7-14(15)23-19)25-16-9-13(22)17(27-4)10-18(16)28-5/h7-10H,6H2,1-5H3,(H,24,25). The molecule has 0 saturated carbocycles. The highest BCUT2D eigenvalue weighted by Crippen LogP contribution is 2.37. The number of carbonyl (C=O) groups excluding carboxylic acids is 1. The highest BCUT2D eigenvalue weighted by molar-refractivity contribution is 6.32. The lowest BCUT2D eigenvalue weighted by Crippen LogP contribution is -2.12. The van der Waals surface area contributed by atoms with E-state index in [1.807, 2.05) is 26.0 Å². The molecule has 2 aromatic carbocycles. The molecule has 8 heteroatoms. The van der Waals surface area contributed by atoms with E-state index in [-0.39, 0.29) is 18.1 Å². The molecule has 0 aliphatic rings. The van der Waals surface area contributed by atoms with Gasteiger partial charge in [0.15, 0.2) is 11.5 Å². The number of carbonyl (C=O) groups is 1. The third-order valence-electron chi connectivity index (χ3n) is 4.48. The number of halogens is 1. The summed E-state index contributed by atoms with van der Waals surface area (Å²) in [5, 5.41) is 3.49. The molecule has 0 unspecified atom stereocenters. The first-order valence-electron chi connectivity index (χ1n) is 9.02. The zero-order chi connectivity index (χ0) is 21.1. The second kappa shape index (κ2) is 8.53. The van der Waals surface area contributed by atoms with Crippen LogP contribution in [0.3, 0.4) is 0 Å². The number of hydrogen-bond donors (Lipinski definition) is 1. The van der Waals surface area contributed by atoms with Crippen LogP contribution in [-0.4, -0.2) is 36.8 Å². The zero-order valence-electron chi connectivity index (χ0n) is 16.9. The molecule has 1 heterocycles. The van der Waals surface area contributed by atoms with Gasteiger partial charge in [-0.05, 0) is 50.1 Å². The number of anilines is 2. The number of benzene rings is 2. The largest absolute Gasteiger partial charge is 0.495 e. The van der Waals surface area contributed by atoms with Crippen LogP contribution in [0, 0.1) is 13.8 Å². The molecule has 0 bridgehead atoms. The van der Waals surface area contributed by atoms with Crippen molar-refractivity contribution >= 4 is 40.1 Å². The number of aryl methyl sites for hydroxylation is 2. The van der Waals surface area contributed by atoms with Crippen molar-refractivity contribution in [2.45, 2.75) is 20.8 Å². The Labute approximate surface area is 174 Å². The molecule has 1 N–H and O–H groups in total. The van der Waals surface area contributed by atoms with Crippen LogP contribution in [0.4, 0.5) is 11.5 Å². The predicted octanol–water partition coefficient (Wildman–Crippen LogP) is 4.84. The molecule has 0 amide bonds. The van der Waals surface area contributed by atoms with Gasteiger partial charge in [-0.3, -0.25) is 0 Å². The van der Waals surface area contributed by atoms with Crippen LogP contribution in [0.2, 0.25) is 5.02 Å². The SMILES string of the molecule is CCOC(=O)c1nc2cc(C)c(C)cc2nc1Nc1cc(Cl)c(OC)cc1OC. The van der Waals surface area contributed by atoms with E-state index in [4.69, 9.17) is 25.8 Å². The van der Waals surface area contributed by atoms with Crippen molar-refractivity contribution < 1.29 is 19.0 Å². The number of rotatable bonds is 6. The van der Waals surface area contributed by atoms with E-state index in [0.717, 1.165) is 11.1 Å². The summed E-state index contributed by atoms with van der Waals surface area (Å²) in [6.07, 6.45) is 0. The van der Waals surface area contributed by atoms with E-state index in [1.165, 1.54) is 14.2 Å². The number of methoxy groups -OCH3 is 2. The van der Waals surface area contributed by atoms with Gasteiger partial charge in [0.25, 0.3) is 0 Å². The summed E-state index contributed by atoms with van der Waals surface area (Å²) in [7, 11) is 3.05. The maximum absolute atomic E-state index is 12.5. The molecule has 7 nitrogen and oxygen atoms in total. The van der Waals surface area contributed by atoms with Crippen LogP contribution in [-0.2, 0) is 4.74 Å². The lowest BCUT2D eigenvalue weighted by molar-refractivity contribution is 0.0521. The Kier molecular flexibility index (Phi) is 6.08. The number of nitrogens with zero attached hydrogens (tertiary/aromatic N) is 2. The number of hydrogen-bond acceptors (Lipinski definition) is 7. The lowest BCUT2D eigenvalue weighted by Gasteiger charge is -2.15. The molecule has 0 saturated heterocycles. The van der Waals surface area contributed by atoms with Gasteiger partial charge in [-0.2, -0.15) is 0 Å². The fraction of sp³-hybridized carbons (Fsp3) is 0.286. The monoisotopic (exact) mass is 415 g/mol. The van der Waals surface area contributed by atoms with Gasteiger partial charge in [0.05, 0.1) is 42.6 Å². The Bertz CT molecular complexity index is 1090. The molecular weight excluding hydrogens is 394 g/mol. The topological polar surface area (TPSA) is 82.6 Å². The molecule has 0 aliphatic carbocycles. The summed E-state index contributed by atoms with van der Waals surface area (Å²) >= 11 is 6.26. The number of fused-ring (bicyclic) bond motifs is 1. The van der Waals surface area contributed by atoms with Gasteiger partial charge >= 0.3 is 5.97 Å². The van der Waals surface area contributed by atoms with E-state index in [1.54, 1.807) is 19.1 Å². The fourth-order valence-corrected chi connectivity index (χ4v) is 3.07. The average molecular weight is 416 g/mol. The molecule has 0 aliphatic heterocycles. The van der Waals surface area contributed by atoms with Gasteiger partial charge in [0.1, 0.15) is 11.5 Å². The fourth-order valence-electron chi connectivity index (χ4n) is 2.83. The van der Waals surface area contributed by atoms with Gasteiger partial charge in [-0.1, -0.05) is 11.6 Å². The minimum Gasteiger partial charge on any atom is -0.495 e. The maximum atomic E-state index is 12.5. The first-order valence-corrected chi connectivity index (χ1v) is 9.40. The molecule has 0 spiro atoms. The van der Waals surface area contributed by atoms with E-state index in [0.29, 0.717) is 33.2 Å². The molecule has 3 aromatic rings. The van der Waals surface area contributed by atoms with Gasteiger partial charge in [0.2, 0.25) is 0 Å². The number of ether oxygens (including phenoxy) is 3. The van der Waals surface area contributed by atoms with Crippen LogP contribution >= 0.6 is 11.6 Å². The normalized spacial score (nSPS) is 10.7. The lowest BCUT2D eigenvalue weighted by atomic mass is 10.1. The second-order valence-corrected chi connectivity index (χ2v) is 6.79. The Morgan fingerprint density at radius 2 is 1.62 bits per heavy atom. The van der Waals surface area contributed by atoms with E-state index in [9.17, 15) is 4.79 Å². The van der Waals surface area contributed by atoms with Crippen molar-refractivity contribution in [2.24, 2.45) is 0 Å². The van der Waals surface area contributed by atoms with Crippen LogP contribution < -0.4 is 14.8 Å². The average Bonchev–Trinajstić information content (AvgIpc) is 2.69. The highest BCUT2D eigenvalue weighted by atomic mass is 35.5. The number of esters is 1. The van der Waals surface area contributed by atoms with Crippen molar-refractivity contribution in [2.75, 3.05) is 26.1 Å². The smallest absolute Gasteiger partial charge is 0.360 e. The Hall–Kier alpha value is -3.06. The molecule has 3 rings (SSSR count). The van der Waals surface area contributed by atoms with Gasteiger partial charge in [-0.25, -0.2) is 14.8 Å². The third-order valence-corrected chi connectivity index (χ3v) is 4.77. The van der Waals surface area contributed by atoms with Crippen molar-refractivity contribution in [3.63, 3.8) is 0 Å². The summed E-state index contributed by atoms with van der Waals surface area (Å²) in [5.41, 5.74) is 4.00. The van der Waals surface area contributed by atoms with Crippen molar-refractivity contribution in [3.05, 3.63) is 46.1 Å². The van der Waals surface area contributed by atoms with Crippen LogP contribution in [0.1, 0.15) is 28.5 Å². The van der Waals surface area contributed by atoms with Crippen molar-refractivity contribution in [1.29, 1.82) is 0 Å². The van der Waals surface area contributed by atoms with Crippen LogP contribution in [0.25, 0.3) is 11.0 Å². The first-order chi connectivity index (χ1) is 13.9. The molecular formula is C21H22ClN3O4. The predicted molar refractivity (Wildman–Crippen MR) is 113 cm³/mol. The third kappa shape index (κ3) is 4.19. The summed E-state index contributed by atoms with van der Waals surface area (Å²) in [4.78, 5) is 21.7. The minimum absolute atomic E-state index is 0.0802. The zero-order valence-corrected chi connectivity index (χ0v) is 17.7. The second-order valence-electron chi connectivity index (χ2n) is 6.38. The van der Waals surface area contributed by atoms with Crippen LogP contribution in [0.5, 0.6) is 11.5 Å². The molecule has 0 radical (unpaired) electrons. The highest BCUT2D eigenvalue weighted by Gasteiger charge is 2.20. The van der Waals surface area contributed by atoms with Gasteiger partial charge in [-0.15, -0.1) is 0 Å². The summed E-state index contributed by atoms with van der Waals surface area (Å²) in [6.45, 7) is 5.94. The quantitative estimate of drug-likeness (QED) is 0.577. The van der Waals surface area contributed by atoms with E-state index >= 15 is 0 Å². The Balaban J connectivity index is 2.17. The number of nitrogens with one attached hydrogen (secondary N) is 1. The molecule has 1 aromatic heterocycles. The van der Waals surface area contributed by atoms with Crippen LogP contribution in [0.15, 0.2) is 24.3 Å². The Morgan fingerprint density at radius 3 is 2.21 bits per heavy atom. The van der Waals surface area contributed by atoms with Gasteiger partial charge < -0.3 is 19.5 Å². The Morgan fingerprint density at radius 1 is 1.00 bits per heavy atom. The molecule has 29 heavy (non-hydrogen) atoms. The molecule has 152 valence electrons. The molecule has 0 fully saturated rings. The number of aromatic nitrogens is 2. The first kappa shape index (κ1) is 20.7. The van der Waals surface area contributed by atoms with Crippen molar-refractivity contribution in [3.8, 4) is 11.5 Å².